The highest BCUT2D eigenvalue weighted by molar-refractivity contribution is 5.99. The second-order valence-corrected chi connectivity index (χ2v) is 8.19. The minimum Gasteiger partial charge on any atom is -0.349 e. The third-order valence-corrected chi connectivity index (χ3v) is 5.72. The summed E-state index contributed by atoms with van der Waals surface area (Å²) in [5.41, 5.74) is 3.27. The highest BCUT2D eigenvalue weighted by Crippen LogP contribution is 2.23. The topological polar surface area (TPSA) is 63.1 Å². The summed E-state index contributed by atoms with van der Waals surface area (Å²) in [5.74, 6) is -0.0591. The van der Waals surface area contributed by atoms with Crippen molar-refractivity contribution >= 4 is 5.91 Å². The van der Waals surface area contributed by atoms with Crippen LogP contribution in [0.25, 0.3) is 11.3 Å². The zero-order valence-corrected chi connectivity index (χ0v) is 17.7. The highest BCUT2D eigenvalue weighted by atomic mass is 16.1. The smallest absolute Gasteiger partial charge is 0.255 e. The summed E-state index contributed by atoms with van der Waals surface area (Å²) >= 11 is 0. The number of amides is 1. The molecule has 1 aliphatic rings. The van der Waals surface area contributed by atoms with Crippen molar-refractivity contribution in [2.75, 3.05) is 13.1 Å². The van der Waals surface area contributed by atoms with Crippen molar-refractivity contribution < 1.29 is 4.79 Å². The Morgan fingerprint density at radius 3 is 2.57 bits per heavy atom. The monoisotopic (exact) mass is 403 g/mol. The first-order valence-corrected chi connectivity index (χ1v) is 10.7. The zero-order valence-electron chi connectivity index (χ0n) is 17.7. The molecular weight excluding hydrogens is 374 g/mol. The Morgan fingerprint density at radius 2 is 1.90 bits per heavy atom. The van der Waals surface area contributed by atoms with Crippen LogP contribution in [-0.4, -0.2) is 50.7 Å². The van der Waals surface area contributed by atoms with E-state index in [0.717, 1.165) is 37.1 Å². The third kappa shape index (κ3) is 4.76. The number of carbonyl (C=O) groups excluding carboxylic acids is 1. The summed E-state index contributed by atoms with van der Waals surface area (Å²) in [4.78, 5) is 19.9. The van der Waals surface area contributed by atoms with E-state index in [2.05, 4.69) is 41.2 Å². The van der Waals surface area contributed by atoms with E-state index >= 15 is 0 Å². The first-order chi connectivity index (χ1) is 14.6. The molecule has 4 rings (SSSR count). The van der Waals surface area contributed by atoms with Crippen molar-refractivity contribution in [3.63, 3.8) is 0 Å². The van der Waals surface area contributed by atoms with E-state index in [4.69, 9.17) is 5.10 Å². The lowest BCUT2D eigenvalue weighted by Crippen LogP contribution is -2.46. The summed E-state index contributed by atoms with van der Waals surface area (Å²) in [6.07, 6.45) is 7.29. The van der Waals surface area contributed by atoms with Gasteiger partial charge in [-0.25, -0.2) is 0 Å². The number of nitrogens with one attached hydrogen (secondary N) is 1. The van der Waals surface area contributed by atoms with Gasteiger partial charge in [0.25, 0.3) is 5.91 Å². The summed E-state index contributed by atoms with van der Waals surface area (Å²) in [6.45, 7) is 7.10. The molecule has 3 heterocycles. The number of aromatic nitrogens is 3. The first kappa shape index (κ1) is 20.3. The summed E-state index contributed by atoms with van der Waals surface area (Å²) < 4.78 is 1.84. The lowest BCUT2D eigenvalue weighted by molar-refractivity contribution is 0.0901. The minimum atomic E-state index is -0.0591. The molecule has 0 radical (unpaired) electrons. The molecule has 1 aliphatic heterocycles. The molecule has 0 unspecified atom stereocenters. The Hall–Kier alpha value is -2.99. The quantitative estimate of drug-likeness (QED) is 0.683. The van der Waals surface area contributed by atoms with Gasteiger partial charge in [-0.3, -0.25) is 14.5 Å². The van der Waals surface area contributed by atoms with Crippen molar-refractivity contribution in [3.05, 3.63) is 72.2 Å². The second kappa shape index (κ2) is 9.22. The minimum absolute atomic E-state index is 0.0591. The highest BCUT2D eigenvalue weighted by Gasteiger charge is 2.25. The van der Waals surface area contributed by atoms with Crippen LogP contribution in [0.5, 0.6) is 0 Å². The molecule has 2 aromatic heterocycles. The average Bonchev–Trinajstić information content (AvgIpc) is 3.19. The molecule has 1 fully saturated rings. The van der Waals surface area contributed by atoms with Gasteiger partial charge in [0.15, 0.2) is 0 Å². The van der Waals surface area contributed by atoms with Crippen LogP contribution in [0.2, 0.25) is 0 Å². The van der Waals surface area contributed by atoms with Crippen molar-refractivity contribution in [3.8, 4) is 11.3 Å². The lowest BCUT2D eigenvalue weighted by Gasteiger charge is -2.34. The van der Waals surface area contributed by atoms with Gasteiger partial charge in [0.05, 0.1) is 12.1 Å². The molecule has 156 valence electrons. The Labute approximate surface area is 177 Å². The lowest BCUT2D eigenvalue weighted by atomic mass is 10.0. The second-order valence-electron chi connectivity index (χ2n) is 8.19. The van der Waals surface area contributed by atoms with Gasteiger partial charge < -0.3 is 10.2 Å². The van der Waals surface area contributed by atoms with E-state index in [-0.39, 0.29) is 11.9 Å². The molecule has 6 nitrogen and oxygen atoms in total. The fourth-order valence-electron chi connectivity index (χ4n) is 3.98. The zero-order chi connectivity index (χ0) is 20.9. The van der Waals surface area contributed by atoms with Crippen molar-refractivity contribution in [2.45, 2.75) is 45.3 Å². The average molecular weight is 404 g/mol. The standard InChI is InChI=1S/C24H29N5O/c1-18(2)28-13-10-21(11-14-28)26-24(30)22-17-29(16-19-7-4-3-5-8-19)27-23(22)20-9-6-12-25-15-20/h3-9,12,15,17-18,21H,10-11,13-14,16H2,1-2H3,(H,26,30). The maximum atomic E-state index is 13.2. The predicted molar refractivity (Wildman–Crippen MR) is 118 cm³/mol. The van der Waals surface area contributed by atoms with Crippen LogP contribution in [0.3, 0.4) is 0 Å². The molecule has 1 N–H and O–H groups in total. The molecule has 1 saturated heterocycles. The predicted octanol–water partition coefficient (Wildman–Crippen LogP) is 3.60. The van der Waals surface area contributed by atoms with Crippen molar-refractivity contribution in [1.82, 2.24) is 25.0 Å². The van der Waals surface area contributed by atoms with Crippen LogP contribution in [0.15, 0.2) is 61.1 Å². The molecule has 0 bridgehead atoms. The normalized spacial score (nSPS) is 15.4. The number of piperidine rings is 1. The fourth-order valence-corrected chi connectivity index (χ4v) is 3.98. The number of likely N-dealkylation sites (tertiary alicyclic amines) is 1. The largest absolute Gasteiger partial charge is 0.349 e. The number of benzene rings is 1. The number of nitrogens with zero attached hydrogens (tertiary/aromatic N) is 4. The Kier molecular flexibility index (Phi) is 6.23. The van der Waals surface area contributed by atoms with Crippen molar-refractivity contribution in [2.24, 2.45) is 0 Å². The maximum absolute atomic E-state index is 13.2. The van der Waals surface area contributed by atoms with Gasteiger partial charge >= 0.3 is 0 Å². The van der Waals surface area contributed by atoms with E-state index in [1.165, 1.54) is 0 Å². The van der Waals surface area contributed by atoms with E-state index in [0.29, 0.717) is 23.8 Å². The van der Waals surface area contributed by atoms with E-state index < -0.39 is 0 Å². The number of carbonyl (C=O) groups is 1. The molecule has 3 aromatic rings. The molecule has 0 atom stereocenters. The van der Waals surface area contributed by atoms with E-state index in [1.54, 1.807) is 12.4 Å². The SMILES string of the molecule is CC(C)N1CCC(NC(=O)c2cn(Cc3ccccc3)nc2-c2cccnc2)CC1. The molecular formula is C24H29N5O. The van der Waals surface area contributed by atoms with Crippen LogP contribution in [0, 0.1) is 0 Å². The molecule has 6 heteroatoms. The Bertz CT molecular complexity index is 960. The van der Waals surface area contributed by atoms with E-state index in [9.17, 15) is 4.79 Å². The van der Waals surface area contributed by atoms with Crippen molar-refractivity contribution in [1.29, 1.82) is 0 Å². The van der Waals surface area contributed by atoms with Crippen LogP contribution < -0.4 is 5.32 Å². The molecule has 0 spiro atoms. The Morgan fingerprint density at radius 1 is 1.13 bits per heavy atom. The van der Waals surface area contributed by atoms with Crippen LogP contribution >= 0.6 is 0 Å². The Balaban J connectivity index is 1.54. The molecule has 0 saturated carbocycles. The summed E-state index contributed by atoms with van der Waals surface area (Å²) in [7, 11) is 0. The molecule has 1 amide bonds. The third-order valence-electron chi connectivity index (χ3n) is 5.72. The fraction of sp³-hybridized carbons (Fsp3) is 0.375. The number of pyridine rings is 1. The van der Waals surface area contributed by atoms with Gasteiger partial charge in [0.2, 0.25) is 0 Å². The number of rotatable bonds is 6. The molecule has 1 aromatic carbocycles. The van der Waals surface area contributed by atoms with Crippen LogP contribution in [-0.2, 0) is 6.54 Å². The van der Waals surface area contributed by atoms with Crippen LogP contribution in [0.4, 0.5) is 0 Å². The van der Waals surface area contributed by atoms with Gasteiger partial charge in [-0.15, -0.1) is 0 Å². The van der Waals surface area contributed by atoms with Gasteiger partial charge in [0, 0.05) is 49.3 Å². The number of hydrogen-bond acceptors (Lipinski definition) is 4. The summed E-state index contributed by atoms with van der Waals surface area (Å²) in [6, 6.07) is 14.7. The summed E-state index contributed by atoms with van der Waals surface area (Å²) in [5, 5.41) is 7.98. The first-order valence-electron chi connectivity index (χ1n) is 10.7. The van der Waals surface area contributed by atoms with Gasteiger partial charge in [-0.2, -0.15) is 5.10 Å². The van der Waals surface area contributed by atoms with Gasteiger partial charge in [-0.05, 0) is 44.4 Å². The maximum Gasteiger partial charge on any atom is 0.255 e. The van der Waals surface area contributed by atoms with Gasteiger partial charge in [-0.1, -0.05) is 30.3 Å². The van der Waals surface area contributed by atoms with Gasteiger partial charge in [0.1, 0.15) is 5.69 Å². The molecule has 0 aliphatic carbocycles. The van der Waals surface area contributed by atoms with E-state index in [1.807, 2.05) is 41.2 Å². The van der Waals surface area contributed by atoms with Crippen LogP contribution in [0.1, 0.15) is 42.6 Å². The molecule has 30 heavy (non-hydrogen) atoms. The number of hydrogen-bond donors (Lipinski definition) is 1.